The third kappa shape index (κ3) is 4.63. The van der Waals surface area contributed by atoms with Crippen molar-refractivity contribution in [3.63, 3.8) is 0 Å². The van der Waals surface area contributed by atoms with E-state index in [1.165, 1.54) is 0 Å². The summed E-state index contributed by atoms with van der Waals surface area (Å²) in [5.41, 5.74) is 0.556. The number of hydrogen-bond donors (Lipinski definition) is 3. The van der Waals surface area contributed by atoms with Crippen LogP contribution >= 0.6 is 0 Å². The van der Waals surface area contributed by atoms with E-state index < -0.39 is 18.0 Å². The average Bonchev–Trinajstić information content (AvgIpc) is 2.52. The number of amides is 2. The Labute approximate surface area is 124 Å². The fraction of sp³-hybridized carbons (Fsp3) is 0.375. The molecule has 2 amide bonds. The summed E-state index contributed by atoms with van der Waals surface area (Å²) in [5.74, 6) is -0.641. The molecule has 0 radical (unpaired) electrons. The third-order valence-electron chi connectivity index (χ3n) is 3.58. The fourth-order valence-corrected chi connectivity index (χ4v) is 2.39. The van der Waals surface area contributed by atoms with Gasteiger partial charge in [0, 0.05) is 6.54 Å². The predicted octanol–water partition coefficient (Wildman–Crippen LogP) is 2.47. The number of rotatable bonds is 5. The zero-order valence-electron chi connectivity index (χ0n) is 11.8. The van der Waals surface area contributed by atoms with Crippen molar-refractivity contribution in [3.8, 4) is 0 Å². The minimum Gasteiger partial charge on any atom is -0.479 e. The van der Waals surface area contributed by atoms with E-state index in [0.717, 1.165) is 19.3 Å². The lowest BCUT2D eigenvalue weighted by atomic mass is 9.94. The van der Waals surface area contributed by atoms with E-state index in [0.29, 0.717) is 18.0 Å². The summed E-state index contributed by atoms with van der Waals surface area (Å²) in [6.45, 7) is 0.567. The van der Waals surface area contributed by atoms with E-state index in [1.54, 1.807) is 30.3 Å². The second kappa shape index (κ2) is 7.47. The molecule has 0 saturated carbocycles. The number of allylic oxidation sites excluding steroid dienone is 2. The maximum absolute atomic E-state index is 11.9. The second-order valence-corrected chi connectivity index (χ2v) is 5.19. The lowest BCUT2D eigenvalue weighted by Gasteiger charge is -2.20. The highest BCUT2D eigenvalue weighted by Gasteiger charge is 2.22. The van der Waals surface area contributed by atoms with Gasteiger partial charge in [-0.3, -0.25) is 0 Å². The van der Waals surface area contributed by atoms with Crippen molar-refractivity contribution in [1.29, 1.82) is 0 Å². The van der Waals surface area contributed by atoms with Crippen LogP contribution in [0.25, 0.3) is 0 Å². The number of benzene rings is 1. The summed E-state index contributed by atoms with van der Waals surface area (Å²) >= 11 is 0. The largest absolute Gasteiger partial charge is 0.479 e. The first-order chi connectivity index (χ1) is 10.2. The first-order valence-electron chi connectivity index (χ1n) is 7.14. The van der Waals surface area contributed by atoms with E-state index in [2.05, 4.69) is 22.8 Å². The number of carbonyl (C=O) groups excluding carboxylic acids is 1. The Morgan fingerprint density at radius 3 is 2.62 bits per heavy atom. The molecule has 0 aromatic heterocycles. The molecule has 0 saturated heterocycles. The summed E-state index contributed by atoms with van der Waals surface area (Å²) < 4.78 is 0. The average molecular weight is 288 g/mol. The van der Waals surface area contributed by atoms with Crippen LogP contribution in [0.3, 0.4) is 0 Å². The molecular weight excluding hydrogens is 268 g/mol. The minimum absolute atomic E-state index is 0.431. The molecule has 1 unspecified atom stereocenters. The molecule has 112 valence electrons. The van der Waals surface area contributed by atoms with Gasteiger partial charge < -0.3 is 15.7 Å². The number of carboxylic acids is 1. The van der Waals surface area contributed by atoms with E-state index in [-0.39, 0.29) is 0 Å². The molecule has 0 fully saturated rings. The van der Waals surface area contributed by atoms with Crippen molar-refractivity contribution < 1.29 is 14.7 Å². The first-order valence-corrected chi connectivity index (χ1v) is 7.14. The summed E-state index contributed by atoms with van der Waals surface area (Å²) in [6, 6.07) is 7.20. The molecule has 1 aliphatic carbocycles. The summed E-state index contributed by atoms with van der Waals surface area (Å²) in [5, 5.41) is 14.5. The van der Waals surface area contributed by atoms with E-state index >= 15 is 0 Å². The fourth-order valence-electron chi connectivity index (χ4n) is 2.39. The molecule has 2 rings (SSSR count). The van der Waals surface area contributed by atoms with Crippen LogP contribution in [0.5, 0.6) is 0 Å². The summed E-state index contributed by atoms with van der Waals surface area (Å²) in [4.78, 5) is 23.2. The van der Waals surface area contributed by atoms with E-state index in [9.17, 15) is 14.7 Å². The number of hydrogen-bond acceptors (Lipinski definition) is 2. The van der Waals surface area contributed by atoms with Crippen LogP contribution in [-0.4, -0.2) is 23.7 Å². The molecule has 5 heteroatoms. The Bertz CT molecular complexity index is 514. The van der Waals surface area contributed by atoms with Gasteiger partial charge in [-0.2, -0.15) is 0 Å². The monoisotopic (exact) mass is 288 g/mol. The van der Waals surface area contributed by atoms with Crippen molar-refractivity contribution in [3.05, 3.63) is 48.0 Å². The summed E-state index contributed by atoms with van der Waals surface area (Å²) in [6.07, 6.45) is 7.32. The van der Waals surface area contributed by atoms with E-state index in [4.69, 9.17) is 0 Å². The quantitative estimate of drug-likeness (QED) is 0.728. The van der Waals surface area contributed by atoms with Crippen LogP contribution in [-0.2, 0) is 4.79 Å². The molecule has 0 spiro atoms. The normalized spacial score (nSPS) is 18.8. The highest BCUT2D eigenvalue weighted by molar-refractivity contribution is 5.83. The molecule has 1 aliphatic rings. The standard InChI is InChI=1S/C16H20N2O3/c19-15(20)14(13-9-5-2-6-10-13)18-16(21)17-11-12-7-3-1-4-8-12/h1-3,5-6,9-10,12,14H,4,7-8,11H2,(H,19,20)(H2,17,18,21)/t12?,14-/m0/s1. The Balaban J connectivity index is 1.87. The lowest BCUT2D eigenvalue weighted by Crippen LogP contribution is -2.42. The molecule has 5 nitrogen and oxygen atoms in total. The Hall–Kier alpha value is -2.30. The van der Waals surface area contributed by atoms with Crippen LogP contribution in [0.4, 0.5) is 4.79 Å². The minimum atomic E-state index is -1.07. The molecule has 3 N–H and O–H groups in total. The Morgan fingerprint density at radius 2 is 2.00 bits per heavy atom. The van der Waals surface area contributed by atoms with Crippen molar-refractivity contribution in [2.75, 3.05) is 6.54 Å². The van der Waals surface area contributed by atoms with Crippen LogP contribution in [0.2, 0.25) is 0 Å². The Morgan fingerprint density at radius 1 is 1.24 bits per heavy atom. The smallest absolute Gasteiger partial charge is 0.330 e. The van der Waals surface area contributed by atoms with Crippen LogP contribution < -0.4 is 10.6 Å². The zero-order chi connectivity index (χ0) is 15.1. The van der Waals surface area contributed by atoms with Gasteiger partial charge >= 0.3 is 12.0 Å². The maximum atomic E-state index is 11.9. The first kappa shape index (κ1) is 15.1. The predicted molar refractivity (Wildman–Crippen MR) is 79.8 cm³/mol. The van der Waals surface area contributed by atoms with Gasteiger partial charge in [0.25, 0.3) is 0 Å². The van der Waals surface area contributed by atoms with Gasteiger partial charge in [0.1, 0.15) is 0 Å². The van der Waals surface area contributed by atoms with Gasteiger partial charge in [-0.15, -0.1) is 0 Å². The maximum Gasteiger partial charge on any atom is 0.330 e. The zero-order valence-corrected chi connectivity index (χ0v) is 11.8. The topological polar surface area (TPSA) is 78.4 Å². The molecule has 1 aromatic rings. The van der Waals surface area contributed by atoms with Crippen molar-refractivity contribution in [2.45, 2.75) is 25.3 Å². The number of carboxylic acid groups (broad SMARTS) is 1. The van der Waals surface area contributed by atoms with Crippen LogP contribution in [0.15, 0.2) is 42.5 Å². The lowest BCUT2D eigenvalue weighted by molar-refractivity contribution is -0.139. The Kier molecular flexibility index (Phi) is 5.37. The molecule has 0 aliphatic heterocycles. The van der Waals surface area contributed by atoms with Crippen LogP contribution in [0.1, 0.15) is 30.9 Å². The van der Waals surface area contributed by atoms with Gasteiger partial charge in [-0.25, -0.2) is 9.59 Å². The SMILES string of the molecule is O=C(NCC1CC=CCC1)N[C@H](C(=O)O)c1ccccc1. The third-order valence-corrected chi connectivity index (χ3v) is 3.58. The number of aliphatic carboxylic acids is 1. The van der Waals surface area contributed by atoms with Gasteiger partial charge in [-0.1, -0.05) is 42.5 Å². The number of carbonyl (C=O) groups is 2. The van der Waals surface area contributed by atoms with Gasteiger partial charge in [-0.05, 0) is 30.7 Å². The molecular formula is C16H20N2O3. The summed E-state index contributed by atoms with van der Waals surface area (Å²) in [7, 11) is 0. The molecule has 2 atom stereocenters. The second-order valence-electron chi connectivity index (χ2n) is 5.19. The van der Waals surface area contributed by atoms with Gasteiger partial charge in [0.15, 0.2) is 6.04 Å². The van der Waals surface area contributed by atoms with E-state index in [1.807, 2.05) is 0 Å². The van der Waals surface area contributed by atoms with Crippen molar-refractivity contribution in [2.24, 2.45) is 5.92 Å². The number of urea groups is 1. The molecule has 0 heterocycles. The van der Waals surface area contributed by atoms with Crippen molar-refractivity contribution in [1.82, 2.24) is 10.6 Å². The van der Waals surface area contributed by atoms with Crippen molar-refractivity contribution >= 4 is 12.0 Å². The van der Waals surface area contributed by atoms with Crippen LogP contribution in [0, 0.1) is 5.92 Å². The van der Waals surface area contributed by atoms with Gasteiger partial charge in [0.2, 0.25) is 0 Å². The number of nitrogens with one attached hydrogen (secondary N) is 2. The van der Waals surface area contributed by atoms with Gasteiger partial charge in [0.05, 0.1) is 0 Å². The molecule has 21 heavy (non-hydrogen) atoms. The highest BCUT2D eigenvalue weighted by atomic mass is 16.4. The molecule has 1 aromatic carbocycles. The molecule has 0 bridgehead atoms. The highest BCUT2D eigenvalue weighted by Crippen LogP contribution is 2.17.